The van der Waals surface area contributed by atoms with Gasteiger partial charge < -0.3 is 76.9 Å². The van der Waals surface area contributed by atoms with Crippen LogP contribution in [0.2, 0.25) is 0 Å². The maximum Gasteiger partial charge on any atom is 0.308 e. The molecule has 17 heteroatoms. The molecule has 0 aromatic carbocycles. The van der Waals surface area contributed by atoms with Gasteiger partial charge in [0.1, 0.15) is 36.6 Å². The van der Waals surface area contributed by atoms with Crippen LogP contribution in [0.3, 0.4) is 0 Å². The summed E-state index contributed by atoms with van der Waals surface area (Å²) >= 11 is 0. The second-order valence-electron chi connectivity index (χ2n) is 28.7. The van der Waals surface area contributed by atoms with E-state index in [1.807, 2.05) is 0 Å². The highest BCUT2D eigenvalue weighted by molar-refractivity contribution is 5.70. The number of hydrogen-bond donors (Lipinski definition) is 3. The number of carbonyl (C=O) groups is 1. The minimum atomic E-state index is -0.986. The SMILES string of the molecule is C=C1C(C)CC2CCC3OC(CCC45CC6OC7C(OC8CCC(CC(=O)OC9C(CC1C2)OC1CC2OC%10(CC%11CC%12(CC(C)C%11O%10)CC(C)C%10OC(C(O)CC(O)CO)CC%10O%12)CC2OC1C9C)OC8C7O4)C6O5)CC3=C. The van der Waals surface area contributed by atoms with Crippen LogP contribution in [-0.4, -0.2) is 179 Å². The van der Waals surface area contributed by atoms with Gasteiger partial charge in [-0.3, -0.25) is 4.79 Å². The maximum atomic E-state index is 14.6. The fraction of sp³-hybridized carbons (Fsp3) is 0.919. The molecule has 3 N–H and O–H groups in total. The molecule has 3 spiro atoms. The molecule has 12 bridgehead atoms. The molecule has 79 heavy (non-hydrogen) atoms. The van der Waals surface area contributed by atoms with Crippen molar-refractivity contribution in [2.75, 3.05) is 6.61 Å². The van der Waals surface area contributed by atoms with Crippen molar-refractivity contribution >= 4 is 5.97 Å². The summed E-state index contributed by atoms with van der Waals surface area (Å²) in [5.74, 6) is -0.282. The minimum absolute atomic E-state index is 0.0271. The fourth-order valence-corrected chi connectivity index (χ4v) is 19.7. The number of esters is 1. The van der Waals surface area contributed by atoms with E-state index in [2.05, 4.69) is 34.3 Å². The predicted octanol–water partition coefficient (Wildman–Crippen LogP) is 6.46. The van der Waals surface area contributed by atoms with E-state index in [-0.39, 0.29) is 158 Å². The van der Waals surface area contributed by atoms with Crippen molar-refractivity contribution in [1.29, 1.82) is 0 Å². The Hall–Kier alpha value is -1.65. The molecule has 14 aliphatic heterocycles. The second-order valence-corrected chi connectivity index (χ2v) is 28.7. The summed E-state index contributed by atoms with van der Waals surface area (Å²) in [4.78, 5) is 14.6. The molecular weight excluding hydrogens is 1020 g/mol. The minimum Gasteiger partial charge on any atom is -0.459 e. The quantitative estimate of drug-likeness (QED) is 0.205. The summed E-state index contributed by atoms with van der Waals surface area (Å²) in [6.07, 6.45) is 8.19. The Morgan fingerprint density at radius 2 is 1.30 bits per heavy atom. The summed E-state index contributed by atoms with van der Waals surface area (Å²) in [6.45, 7) is 17.9. The lowest BCUT2D eigenvalue weighted by atomic mass is 9.66. The number of allylic oxidation sites excluding steroid dienone is 1. The molecule has 0 aromatic heterocycles. The molecule has 0 amide bonds. The Bertz CT molecular complexity index is 2340. The van der Waals surface area contributed by atoms with Gasteiger partial charge in [0.25, 0.3) is 0 Å². The van der Waals surface area contributed by atoms with Crippen LogP contribution in [0.15, 0.2) is 24.3 Å². The smallest absolute Gasteiger partial charge is 0.308 e. The third-order valence-electron chi connectivity index (χ3n) is 23.1. The summed E-state index contributed by atoms with van der Waals surface area (Å²) in [7, 11) is 0. The normalized spacial score (nSPS) is 57.2. The lowest BCUT2D eigenvalue weighted by Gasteiger charge is -2.51. The first kappa shape index (κ1) is 54.0. The molecule has 0 radical (unpaired) electrons. The molecule has 16 aliphatic rings. The van der Waals surface area contributed by atoms with Gasteiger partial charge in [0, 0.05) is 50.9 Å². The molecular formula is C62H90O17. The van der Waals surface area contributed by atoms with E-state index in [0.29, 0.717) is 56.8 Å². The van der Waals surface area contributed by atoms with Crippen LogP contribution in [0.1, 0.15) is 156 Å². The monoisotopic (exact) mass is 1110 g/mol. The van der Waals surface area contributed by atoms with Crippen molar-refractivity contribution in [3.8, 4) is 0 Å². The van der Waals surface area contributed by atoms with Gasteiger partial charge in [0.15, 0.2) is 11.6 Å². The third kappa shape index (κ3) is 9.45. The van der Waals surface area contributed by atoms with Crippen molar-refractivity contribution in [3.63, 3.8) is 0 Å². The van der Waals surface area contributed by atoms with Crippen LogP contribution in [0.25, 0.3) is 0 Å². The van der Waals surface area contributed by atoms with E-state index in [9.17, 15) is 20.1 Å². The van der Waals surface area contributed by atoms with Gasteiger partial charge in [0.05, 0.1) is 116 Å². The highest BCUT2D eigenvalue weighted by Crippen LogP contribution is 2.60. The highest BCUT2D eigenvalue weighted by atomic mass is 16.8. The van der Waals surface area contributed by atoms with Crippen LogP contribution in [0.4, 0.5) is 0 Å². The average molecular weight is 1110 g/mol. The lowest BCUT2D eigenvalue weighted by molar-refractivity contribution is -0.293. The van der Waals surface area contributed by atoms with Crippen LogP contribution in [0.5, 0.6) is 0 Å². The van der Waals surface area contributed by atoms with E-state index < -0.39 is 48.7 Å². The summed E-state index contributed by atoms with van der Waals surface area (Å²) in [6, 6.07) is 0. The van der Waals surface area contributed by atoms with Crippen LogP contribution < -0.4 is 0 Å². The molecule has 16 rings (SSSR count). The van der Waals surface area contributed by atoms with Gasteiger partial charge in [-0.05, 0) is 118 Å². The Balaban J connectivity index is 0.655. The summed E-state index contributed by atoms with van der Waals surface area (Å²) in [5.41, 5.74) is 2.11. The third-order valence-corrected chi connectivity index (χ3v) is 23.1. The van der Waals surface area contributed by atoms with E-state index in [0.717, 1.165) is 70.6 Å². The highest BCUT2D eigenvalue weighted by Gasteiger charge is 2.70. The first-order valence-corrected chi connectivity index (χ1v) is 31.5. The molecule has 17 nitrogen and oxygen atoms in total. The van der Waals surface area contributed by atoms with Gasteiger partial charge in [-0.2, -0.15) is 0 Å². The van der Waals surface area contributed by atoms with E-state index in [1.54, 1.807) is 0 Å². The van der Waals surface area contributed by atoms with E-state index >= 15 is 0 Å². The molecule has 440 valence electrons. The van der Waals surface area contributed by atoms with Crippen molar-refractivity contribution in [2.24, 2.45) is 41.4 Å². The second kappa shape index (κ2) is 20.2. The zero-order chi connectivity index (χ0) is 54.0. The van der Waals surface area contributed by atoms with Crippen LogP contribution in [0, 0.1) is 41.4 Å². The van der Waals surface area contributed by atoms with Crippen LogP contribution in [-0.2, 0) is 66.4 Å². The zero-order valence-corrected chi connectivity index (χ0v) is 47.1. The molecule has 32 atom stereocenters. The summed E-state index contributed by atoms with van der Waals surface area (Å²) in [5, 5.41) is 30.4. The Morgan fingerprint density at radius 3 is 2.15 bits per heavy atom. The Morgan fingerprint density at radius 1 is 0.557 bits per heavy atom. The number of ether oxygens (including phenoxy) is 13. The molecule has 14 saturated heterocycles. The molecule has 2 saturated carbocycles. The van der Waals surface area contributed by atoms with Gasteiger partial charge in [-0.1, -0.05) is 46.4 Å². The Kier molecular flexibility index (Phi) is 13.8. The fourth-order valence-electron chi connectivity index (χ4n) is 19.7. The topological polar surface area (TPSA) is 198 Å². The molecule has 32 unspecified atom stereocenters. The van der Waals surface area contributed by atoms with E-state index in [1.165, 1.54) is 11.1 Å². The predicted molar refractivity (Wildman–Crippen MR) is 280 cm³/mol. The zero-order valence-electron chi connectivity index (χ0n) is 47.1. The number of aliphatic hydroxyl groups is 3. The average Bonchev–Trinajstić information content (AvgIpc) is 4.46. The number of rotatable bonds is 4. The van der Waals surface area contributed by atoms with Gasteiger partial charge in [-0.15, -0.1) is 0 Å². The molecule has 0 aromatic rings. The van der Waals surface area contributed by atoms with Gasteiger partial charge in [0.2, 0.25) is 0 Å². The molecule has 14 heterocycles. The lowest BCUT2D eigenvalue weighted by Crippen LogP contribution is -2.62. The van der Waals surface area contributed by atoms with Crippen molar-refractivity contribution < 1.29 is 81.7 Å². The van der Waals surface area contributed by atoms with E-state index in [4.69, 9.17) is 68.2 Å². The molecule has 2 aliphatic carbocycles. The number of aliphatic hydroxyl groups excluding tert-OH is 3. The largest absolute Gasteiger partial charge is 0.459 e. The van der Waals surface area contributed by atoms with Crippen molar-refractivity contribution in [2.45, 2.75) is 308 Å². The Labute approximate surface area is 466 Å². The standard InChI is InChI=1S/C62H90O17/c1-28-13-34-7-9-41-29(2)14-39(67-41)11-12-61-26-49-56(78-61)57-58(73-49)59(79-61)55-42(70-57)10-8-38(68-55)18-50(66)74-54-33(6)53-46(69-45(54)16-35(15-34)32(28)5)20-44-48(72-53)25-62(76-44)24-36-23-60(21-30(3)51(36)77-62)22-31(4)52-47(75-60)19-43(71-52)40(65)17-37(64)27-63/h28,30-31,33-49,51-59,63-65H,2,5,7-27H2,1,3-4,6H3. The van der Waals surface area contributed by atoms with Crippen molar-refractivity contribution in [1.82, 2.24) is 0 Å². The first-order valence-electron chi connectivity index (χ1n) is 31.5. The van der Waals surface area contributed by atoms with Gasteiger partial charge in [-0.25, -0.2) is 0 Å². The van der Waals surface area contributed by atoms with Crippen LogP contribution >= 0.6 is 0 Å². The van der Waals surface area contributed by atoms with Crippen molar-refractivity contribution in [3.05, 3.63) is 24.3 Å². The number of hydrogen-bond acceptors (Lipinski definition) is 17. The maximum absolute atomic E-state index is 14.6. The molecule has 16 fully saturated rings. The number of fused-ring (bicyclic) bond motifs is 10. The first-order chi connectivity index (χ1) is 38.0. The summed E-state index contributed by atoms with van der Waals surface area (Å²) < 4.78 is 90.4. The number of carbonyl (C=O) groups excluding carboxylic acids is 1. The van der Waals surface area contributed by atoms with Gasteiger partial charge >= 0.3 is 5.97 Å².